The van der Waals surface area contributed by atoms with Crippen molar-refractivity contribution in [1.29, 1.82) is 0 Å². The van der Waals surface area contributed by atoms with E-state index < -0.39 is 0 Å². The van der Waals surface area contributed by atoms with Crippen LogP contribution in [-0.2, 0) is 4.74 Å². The molecule has 2 heterocycles. The van der Waals surface area contributed by atoms with E-state index in [0.29, 0.717) is 32.0 Å². The van der Waals surface area contributed by atoms with Gasteiger partial charge in [0.2, 0.25) is 0 Å². The summed E-state index contributed by atoms with van der Waals surface area (Å²) < 4.78 is 5.26. The van der Waals surface area contributed by atoms with Crippen molar-refractivity contribution in [2.24, 2.45) is 0 Å². The number of amides is 1. The lowest BCUT2D eigenvalue weighted by Gasteiger charge is -2.26. The Balaban J connectivity index is 1.70. The summed E-state index contributed by atoms with van der Waals surface area (Å²) in [6, 6.07) is 11.7. The first kappa shape index (κ1) is 14.5. The summed E-state index contributed by atoms with van der Waals surface area (Å²) >= 11 is 0. The second kappa shape index (κ2) is 6.58. The molecular weight excluding hydrogens is 278 g/mol. The molecule has 0 unspecified atom stereocenters. The van der Waals surface area contributed by atoms with Crippen molar-refractivity contribution >= 4 is 17.3 Å². The summed E-state index contributed by atoms with van der Waals surface area (Å²) in [7, 11) is 0. The van der Waals surface area contributed by atoms with E-state index in [1.807, 2.05) is 37.3 Å². The van der Waals surface area contributed by atoms with E-state index in [9.17, 15) is 4.79 Å². The Morgan fingerprint density at radius 2 is 1.95 bits per heavy atom. The molecule has 0 aliphatic carbocycles. The van der Waals surface area contributed by atoms with Crippen LogP contribution >= 0.6 is 0 Å². The van der Waals surface area contributed by atoms with E-state index in [1.165, 1.54) is 0 Å². The third kappa shape index (κ3) is 3.26. The zero-order valence-electron chi connectivity index (χ0n) is 12.6. The molecule has 0 atom stereocenters. The van der Waals surface area contributed by atoms with Crippen molar-refractivity contribution in [1.82, 2.24) is 9.88 Å². The molecule has 1 amide bonds. The van der Waals surface area contributed by atoms with Crippen LogP contribution in [0.3, 0.4) is 0 Å². The molecule has 3 rings (SSSR count). The van der Waals surface area contributed by atoms with Crippen LogP contribution in [0.2, 0.25) is 0 Å². The number of para-hydroxylation sites is 1. The minimum Gasteiger partial charge on any atom is -0.378 e. The molecule has 5 heteroatoms. The molecule has 0 spiro atoms. The van der Waals surface area contributed by atoms with Gasteiger partial charge in [-0.1, -0.05) is 18.2 Å². The van der Waals surface area contributed by atoms with Gasteiger partial charge in [0.25, 0.3) is 5.91 Å². The maximum absolute atomic E-state index is 12.3. The summed E-state index contributed by atoms with van der Waals surface area (Å²) in [5.74, 6) is -0.0364. The molecular formula is C17H19N3O2. The number of benzene rings is 1. The smallest absolute Gasteiger partial charge is 0.272 e. The first-order valence-corrected chi connectivity index (χ1v) is 7.40. The highest BCUT2D eigenvalue weighted by Crippen LogP contribution is 2.19. The van der Waals surface area contributed by atoms with Crippen LogP contribution in [0.4, 0.5) is 11.4 Å². The first-order chi connectivity index (χ1) is 10.7. The molecule has 114 valence electrons. The minimum absolute atomic E-state index is 0.0364. The van der Waals surface area contributed by atoms with E-state index >= 15 is 0 Å². The monoisotopic (exact) mass is 297 g/mol. The van der Waals surface area contributed by atoms with Crippen LogP contribution in [0.5, 0.6) is 0 Å². The van der Waals surface area contributed by atoms with Gasteiger partial charge >= 0.3 is 0 Å². The highest BCUT2D eigenvalue weighted by atomic mass is 16.5. The van der Waals surface area contributed by atoms with Crippen molar-refractivity contribution in [2.45, 2.75) is 6.92 Å². The Morgan fingerprint density at radius 1 is 1.18 bits per heavy atom. The first-order valence-electron chi connectivity index (χ1n) is 7.40. The van der Waals surface area contributed by atoms with Gasteiger partial charge in [-0.25, -0.2) is 4.98 Å². The average molecular weight is 297 g/mol. The molecule has 0 radical (unpaired) electrons. The zero-order chi connectivity index (χ0) is 15.4. The molecule has 1 fully saturated rings. The number of rotatable bonds is 3. The fourth-order valence-corrected chi connectivity index (χ4v) is 2.39. The molecule has 0 saturated carbocycles. The minimum atomic E-state index is -0.0364. The van der Waals surface area contributed by atoms with Crippen molar-refractivity contribution in [3.63, 3.8) is 0 Å². The number of carbonyl (C=O) groups excluding carboxylic acids is 1. The number of nitrogens with zero attached hydrogens (tertiary/aromatic N) is 2. The normalized spacial score (nSPS) is 14.7. The number of carbonyl (C=O) groups is 1. The van der Waals surface area contributed by atoms with Gasteiger partial charge < -0.3 is 15.0 Å². The Morgan fingerprint density at radius 3 is 2.64 bits per heavy atom. The van der Waals surface area contributed by atoms with E-state index in [2.05, 4.69) is 10.3 Å². The zero-order valence-corrected chi connectivity index (χ0v) is 12.6. The molecule has 1 N–H and O–H groups in total. The van der Waals surface area contributed by atoms with Gasteiger partial charge in [-0.05, 0) is 30.7 Å². The SMILES string of the molecule is Cc1ccccc1Nc1ccc(C(=O)N2CCOCC2)nc1. The second-order valence-electron chi connectivity index (χ2n) is 5.28. The summed E-state index contributed by atoms with van der Waals surface area (Å²) in [5.41, 5.74) is 3.54. The maximum atomic E-state index is 12.3. The Bertz CT molecular complexity index is 649. The molecule has 22 heavy (non-hydrogen) atoms. The Labute approximate surface area is 129 Å². The lowest BCUT2D eigenvalue weighted by molar-refractivity contribution is 0.0299. The van der Waals surface area contributed by atoms with Crippen LogP contribution in [0.1, 0.15) is 16.1 Å². The molecule has 1 aromatic carbocycles. The number of hydrogen-bond donors (Lipinski definition) is 1. The van der Waals surface area contributed by atoms with E-state index in [4.69, 9.17) is 4.74 Å². The molecule has 0 bridgehead atoms. The van der Waals surface area contributed by atoms with Gasteiger partial charge in [-0.3, -0.25) is 4.79 Å². The van der Waals surface area contributed by atoms with Crippen molar-refractivity contribution in [3.05, 3.63) is 53.9 Å². The van der Waals surface area contributed by atoms with Crippen LogP contribution in [-0.4, -0.2) is 42.1 Å². The largest absolute Gasteiger partial charge is 0.378 e. The molecule has 1 aromatic heterocycles. The number of pyridine rings is 1. The van der Waals surface area contributed by atoms with Crippen molar-refractivity contribution in [2.75, 3.05) is 31.6 Å². The maximum Gasteiger partial charge on any atom is 0.272 e. The molecule has 1 aliphatic rings. The molecule has 1 aliphatic heterocycles. The highest BCUT2D eigenvalue weighted by molar-refractivity contribution is 5.92. The summed E-state index contributed by atoms with van der Waals surface area (Å²) in [5, 5.41) is 3.31. The number of hydrogen-bond acceptors (Lipinski definition) is 4. The number of anilines is 2. The third-order valence-corrected chi connectivity index (χ3v) is 3.70. The van der Waals surface area contributed by atoms with E-state index in [1.54, 1.807) is 17.2 Å². The number of nitrogens with one attached hydrogen (secondary N) is 1. The van der Waals surface area contributed by atoms with Crippen LogP contribution in [0.25, 0.3) is 0 Å². The number of morpholine rings is 1. The summed E-state index contributed by atoms with van der Waals surface area (Å²) in [6.07, 6.45) is 1.69. The van der Waals surface area contributed by atoms with Gasteiger partial charge in [-0.2, -0.15) is 0 Å². The van der Waals surface area contributed by atoms with Gasteiger partial charge in [-0.15, -0.1) is 0 Å². The topological polar surface area (TPSA) is 54.5 Å². The van der Waals surface area contributed by atoms with Crippen molar-refractivity contribution in [3.8, 4) is 0 Å². The predicted molar refractivity (Wildman–Crippen MR) is 85.4 cm³/mol. The van der Waals surface area contributed by atoms with Gasteiger partial charge in [0, 0.05) is 18.8 Å². The van der Waals surface area contributed by atoms with Gasteiger partial charge in [0.1, 0.15) is 5.69 Å². The second-order valence-corrected chi connectivity index (χ2v) is 5.28. The Kier molecular flexibility index (Phi) is 4.34. The lowest BCUT2D eigenvalue weighted by atomic mass is 10.2. The quantitative estimate of drug-likeness (QED) is 0.946. The van der Waals surface area contributed by atoms with E-state index in [-0.39, 0.29) is 5.91 Å². The average Bonchev–Trinajstić information content (AvgIpc) is 2.58. The Hall–Kier alpha value is -2.40. The lowest BCUT2D eigenvalue weighted by Crippen LogP contribution is -2.41. The highest BCUT2D eigenvalue weighted by Gasteiger charge is 2.19. The standard InChI is InChI=1S/C17H19N3O2/c1-13-4-2-3-5-15(13)19-14-6-7-16(18-12-14)17(21)20-8-10-22-11-9-20/h2-7,12,19H,8-11H2,1H3. The van der Waals surface area contributed by atoms with E-state index in [0.717, 1.165) is 16.9 Å². The van der Waals surface area contributed by atoms with Crippen LogP contribution in [0, 0.1) is 6.92 Å². The van der Waals surface area contributed by atoms with Gasteiger partial charge in [0.05, 0.1) is 25.1 Å². The van der Waals surface area contributed by atoms with Crippen molar-refractivity contribution < 1.29 is 9.53 Å². The third-order valence-electron chi connectivity index (χ3n) is 3.70. The van der Waals surface area contributed by atoms with Crippen LogP contribution < -0.4 is 5.32 Å². The van der Waals surface area contributed by atoms with Crippen LogP contribution in [0.15, 0.2) is 42.6 Å². The number of aromatic nitrogens is 1. The number of aryl methyl sites for hydroxylation is 1. The fraction of sp³-hybridized carbons (Fsp3) is 0.294. The summed E-state index contributed by atoms with van der Waals surface area (Å²) in [6.45, 7) is 4.50. The summed E-state index contributed by atoms with van der Waals surface area (Å²) in [4.78, 5) is 18.4. The molecule has 2 aromatic rings. The predicted octanol–water partition coefficient (Wildman–Crippen LogP) is 2.61. The fourth-order valence-electron chi connectivity index (χ4n) is 2.39. The van der Waals surface area contributed by atoms with Gasteiger partial charge in [0.15, 0.2) is 0 Å². The molecule has 5 nitrogen and oxygen atoms in total. The molecule has 1 saturated heterocycles. The number of ether oxygens (including phenoxy) is 1.